The molecule has 1 aromatic carbocycles. The van der Waals surface area contributed by atoms with Crippen molar-refractivity contribution >= 4 is 16.8 Å². The van der Waals surface area contributed by atoms with Gasteiger partial charge in [0.15, 0.2) is 0 Å². The summed E-state index contributed by atoms with van der Waals surface area (Å²) in [6.07, 6.45) is 9.39. The highest BCUT2D eigenvalue weighted by molar-refractivity contribution is 5.90. The minimum atomic E-state index is -0.176. The molecule has 2 heterocycles. The van der Waals surface area contributed by atoms with E-state index in [0.29, 0.717) is 12.0 Å². The van der Waals surface area contributed by atoms with Crippen molar-refractivity contribution in [1.82, 2.24) is 15.2 Å². The Kier molecular flexibility index (Phi) is 5.09. The lowest BCUT2D eigenvalue weighted by atomic mass is 9.92. The van der Waals surface area contributed by atoms with Crippen LogP contribution in [0.25, 0.3) is 10.9 Å². The smallest absolute Gasteiger partial charge is 0.237 e. The summed E-state index contributed by atoms with van der Waals surface area (Å²) in [5.74, 6) is 0.718. The van der Waals surface area contributed by atoms with Crippen LogP contribution in [0.1, 0.15) is 56.7 Å². The second kappa shape index (κ2) is 7.51. The van der Waals surface area contributed by atoms with Crippen LogP contribution in [-0.2, 0) is 17.8 Å². The highest BCUT2D eigenvalue weighted by Crippen LogP contribution is 2.36. The maximum absolute atomic E-state index is 13.0. The fourth-order valence-corrected chi connectivity index (χ4v) is 4.50. The monoisotopic (exact) mass is 365 g/mol. The lowest BCUT2D eigenvalue weighted by Crippen LogP contribution is -2.51. The van der Waals surface area contributed by atoms with Crippen molar-refractivity contribution in [3.8, 4) is 0 Å². The molecular weight excluding hydrogens is 334 g/mol. The molecule has 4 nitrogen and oxygen atoms in total. The summed E-state index contributed by atoms with van der Waals surface area (Å²) in [6.45, 7) is 9.20. The molecule has 0 spiro atoms. The molecule has 4 heteroatoms. The zero-order valence-electron chi connectivity index (χ0n) is 16.5. The van der Waals surface area contributed by atoms with Crippen LogP contribution >= 0.6 is 0 Å². The second-order valence-electron chi connectivity index (χ2n) is 8.58. The molecule has 0 bridgehead atoms. The van der Waals surface area contributed by atoms with E-state index in [1.54, 1.807) is 0 Å². The average molecular weight is 366 g/mol. The molecule has 0 saturated heterocycles. The Hall–Kier alpha value is -2.07. The first-order chi connectivity index (χ1) is 13.1. The number of amides is 1. The fraction of sp³-hybridized carbons (Fsp3) is 0.522. The van der Waals surface area contributed by atoms with E-state index < -0.39 is 0 Å². The third-order valence-electron chi connectivity index (χ3n) is 6.02. The lowest BCUT2D eigenvalue weighted by Gasteiger charge is -2.30. The minimum absolute atomic E-state index is 0.158. The van der Waals surface area contributed by atoms with Gasteiger partial charge in [-0.15, -0.1) is 6.58 Å². The van der Waals surface area contributed by atoms with E-state index >= 15 is 0 Å². The second-order valence-corrected chi connectivity index (χ2v) is 8.58. The first-order valence-electron chi connectivity index (χ1n) is 10.3. The molecule has 1 aliphatic heterocycles. The number of benzene rings is 1. The van der Waals surface area contributed by atoms with E-state index in [9.17, 15) is 4.79 Å². The highest BCUT2D eigenvalue weighted by Gasteiger charge is 2.32. The number of aromatic nitrogens is 1. The molecule has 1 fully saturated rings. The van der Waals surface area contributed by atoms with Crippen LogP contribution in [0.5, 0.6) is 0 Å². The quantitative estimate of drug-likeness (QED) is 0.757. The summed E-state index contributed by atoms with van der Waals surface area (Å²) < 4.78 is 2.26. The van der Waals surface area contributed by atoms with Gasteiger partial charge in [-0.05, 0) is 55.2 Å². The van der Waals surface area contributed by atoms with Gasteiger partial charge in [0.2, 0.25) is 5.91 Å². The zero-order valence-corrected chi connectivity index (χ0v) is 16.5. The van der Waals surface area contributed by atoms with Gasteiger partial charge < -0.3 is 9.88 Å². The van der Waals surface area contributed by atoms with Crippen LogP contribution < -0.4 is 10.6 Å². The Morgan fingerprint density at radius 3 is 2.89 bits per heavy atom. The van der Waals surface area contributed by atoms with E-state index in [1.807, 2.05) is 6.08 Å². The molecular formula is C23H31N3O. The SMILES string of the molecule is C=CCn1cc2c3c(cccc31)[C@H](CC(C)C)N[C@H](C(=O)NC1CCC1)C2. The molecule has 2 aliphatic rings. The van der Waals surface area contributed by atoms with E-state index in [4.69, 9.17) is 0 Å². The number of nitrogens with one attached hydrogen (secondary N) is 2. The van der Waals surface area contributed by atoms with Crippen molar-refractivity contribution in [2.45, 2.75) is 70.6 Å². The molecule has 2 atom stereocenters. The van der Waals surface area contributed by atoms with Crippen molar-refractivity contribution in [2.75, 3.05) is 0 Å². The van der Waals surface area contributed by atoms with Gasteiger partial charge in [0.05, 0.1) is 6.04 Å². The third-order valence-corrected chi connectivity index (χ3v) is 6.02. The van der Waals surface area contributed by atoms with Gasteiger partial charge in [0, 0.05) is 35.7 Å². The molecule has 2 N–H and O–H groups in total. The van der Waals surface area contributed by atoms with Crippen molar-refractivity contribution < 1.29 is 4.79 Å². The molecule has 144 valence electrons. The van der Waals surface area contributed by atoms with Crippen LogP contribution in [0.15, 0.2) is 37.1 Å². The number of rotatable bonds is 6. The molecule has 0 radical (unpaired) electrons. The van der Waals surface area contributed by atoms with Gasteiger partial charge in [-0.1, -0.05) is 32.1 Å². The molecule has 1 aromatic heterocycles. The van der Waals surface area contributed by atoms with E-state index in [2.05, 4.69) is 60.0 Å². The Morgan fingerprint density at radius 1 is 1.41 bits per heavy atom. The first kappa shape index (κ1) is 18.3. The van der Waals surface area contributed by atoms with Gasteiger partial charge >= 0.3 is 0 Å². The Labute approximate surface area is 162 Å². The maximum Gasteiger partial charge on any atom is 0.237 e. The summed E-state index contributed by atoms with van der Waals surface area (Å²) >= 11 is 0. The largest absolute Gasteiger partial charge is 0.352 e. The Bertz CT molecular complexity index is 847. The van der Waals surface area contributed by atoms with Gasteiger partial charge in [0.25, 0.3) is 0 Å². The summed E-state index contributed by atoms with van der Waals surface area (Å²) in [7, 11) is 0. The third kappa shape index (κ3) is 3.55. The fourth-order valence-electron chi connectivity index (χ4n) is 4.50. The highest BCUT2D eigenvalue weighted by atomic mass is 16.2. The summed E-state index contributed by atoms with van der Waals surface area (Å²) in [5.41, 5.74) is 3.85. The van der Waals surface area contributed by atoms with E-state index in [-0.39, 0.29) is 18.0 Å². The Balaban J connectivity index is 1.73. The number of hydrogen-bond donors (Lipinski definition) is 2. The van der Waals surface area contributed by atoms with Crippen molar-refractivity contribution in [2.24, 2.45) is 5.92 Å². The van der Waals surface area contributed by atoms with E-state index in [0.717, 1.165) is 32.2 Å². The van der Waals surface area contributed by atoms with Crippen molar-refractivity contribution in [1.29, 1.82) is 0 Å². The molecule has 0 unspecified atom stereocenters. The normalized spacial score (nSPS) is 22.5. The molecule has 1 aliphatic carbocycles. The minimum Gasteiger partial charge on any atom is -0.352 e. The van der Waals surface area contributed by atoms with Crippen LogP contribution in [0, 0.1) is 5.92 Å². The van der Waals surface area contributed by atoms with Gasteiger partial charge in [-0.2, -0.15) is 0 Å². The van der Waals surface area contributed by atoms with Gasteiger partial charge in [0.1, 0.15) is 0 Å². The number of nitrogens with zero attached hydrogens (tertiary/aromatic N) is 1. The number of hydrogen-bond acceptors (Lipinski definition) is 2. The zero-order chi connectivity index (χ0) is 19.0. The molecule has 1 amide bonds. The number of carbonyl (C=O) groups excluding carboxylic acids is 1. The van der Waals surface area contributed by atoms with Crippen molar-refractivity contribution in [3.63, 3.8) is 0 Å². The average Bonchev–Trinajstić information content (AvgIpc) is 2.86. The lowest BCUT2D eigenvalue weighted by molar-refractivity contribution is -0.124. The summed E-state index contributed by atoms with van der Waals surface area (Å²) in [4.78, 5) is 13.0. The predicted molar refractivity (Wildman–Crippen MR) is 111 cm³/mol. The van der Waals surface area contributed by atoms with Crippen LogP contribution in [0.4, 0.5) is 0 Å². The standard InChI is InChI=1S/C23H31N3O/c1-4-11-26-14-16-13-20(23(27)24-17-7-5-8-17)25-19(12-15(2)3)18-9-6-10-21(26)22(16)18/h4,6,9-10,14-15,17,19-20,25H,1,5,7-8,11-13H2,2-3H3,(H,24,27)/t19-,20-/m0/s1. The molecule has 2 aromatic rings. The number of allylic oxidation sites excluding steroid dienone is 1. The topological polar surface area (TPSA) is 46.1 Å². The predicted octanol–water partition coefficient (Wildman–Crippen LogP) is 4.10. The van der Waals surface area contributed by atoms with Crippen LogP contribution in [0.2, 0.25) is 0 Å². The summed E-state index contributed by atoms with van der Waals surface area (Å²) in [5, 5.41) is 8.29. The molecule has 4 rings (SSSR count). The first-order valence-corrected chi connectivity index (χ1v) is 10.3. The van der Waals surface area contributed by atoms with E-state index in [1.165, 1.54) is 28.5 Å². The van der Waals surface area contributed by atoms with Crippen molar-refractivity contribution in [3.05, 3.63) is 48.2 Å². The molecule has 1 saturated carbocycles. The molecule has 27 heavy (non-hydrogen) atoms. The maximum atomic E-state index is 13.0. The van der Waals surface area contributed by atoms with Gasteiger partial charge in [-0.25, -0.2) is 0 Å². The van der Waals surface area contributed by atoms with Crippen LogP contribution in [-0.4, -0.2) is 22.6 Å². The summed E-state index contributed by atoms with van der Waals surface area (Å²) in [6, 6.07) is 6.96. The van der Waals surface area contributed by atoms with Crippen LogP contribution in [0.3, 0.4) is 0 Å². The Morgan fingerprint density at radius 2 is 2.22 bits per heavy atom. The number of carbonyl (C=O) groups is 1. The van der Waals surface area contributed by atoms with Gasteiger partial charge in [-0.3, -0.25) is 10.1 Å².